The third kappa shape index (κ3) is 2.28. The summed E-state index contributed by atoms with van der Waals surface area (Å²) in [5.41, 5.74) is 4.31. The Labute approximate surface area is 134 Å². The van der Waals surface area contributed by atoms with E-state index in [1.54, 1.807) is 0 Å². The highest BCUT2D eigenvalue weighted by molar-refractivity contribution is 5.56. The second kappa shape index (κ2) is 5.32. The fourth-order valence-corrected chi connectivity index (χ4v) is 2.88. The average Bonchev–Trinajstić information content (AvgIpc) is 3.02. The zero-order valence-corrected chi connectivity index (χ0v) is 13.1. The molecule has 4 heteroatoms. The van der Waals surface area contributed by atoms with Gasteiger partial charge in [0.2, 0.25) is 0 Å². The second-order valence-electron chi connectivity index (χ2n) is 5.61. The lowest BCUT2D eigenvalue weighted by Crippen LogP contribution is -2.37. The number of fused-ring (bicyclic) bond motifs is 1. The molecule has 4 rings (SSSR count). The van der Waals surface area contributed by atoms with Crippen LogP contribution in [0.5, 0.6) is 0 Å². The van der Waals surface area contributed by atoms with Gasteiger partial charge in [-0.2, -0.15) is 4.57 Å². The number of aryl methyl sites for hydroxylation is 2. The van der Waals surface area contributed by atoms with E-state index in [4.69, 9.17) is 10.1 Å². The summed E-state index contributed by atoms with van der Waals surface area (Å²) in [6.07, 6.45) is 0. The van der Waals surface area contributed by atoms with Crippen LogP contribution >= 0.6 is 0 Å². The highest BCUT2D eigenvalue weighted by atomic mass is 15.4. The summed E-state index contributed by atoms with van der Waals surface area (Å²) in [7, 11) is 0. The molecule has 0 fully saturated rings. The Morgan fingerprint density at radius 2 is 1.52 bits per heavy atom. The van der Waals surface area contributed by atoms with Crippen LogP contribution in [-0.4, -0.2) is 14.6 Å². The van der Waals surface area contributed by atoms with Crippen molar-refractivity contribution in [2.45, 2.75) is 13.8 Å². The maximum absolute atomic E-state index is 4.80. The Kier molecular flexibility index (Phi) is 3.15. The van der Waals surface area contributed by atoms with Gasteiger partial charge in [-0.05, 0) is 43.1 Å². The lowest BCUT2D eigenvalue weighted by atomic mass is 10.2. The van der Waals surface area contributed by atoms with E-state index < -0.39 is 0 Å². The number of aromatic nitrogens is 4. The van der Waals surface area contributed by atoms with Crippen LogP contribution in [0.3, 0.4) is 0 Å². The molecular formula is C19H17N4+. The van der Waals surface area contributed by atoms with Crippen LogP contribution in [0.4, 0.5) is 0 Å². The lowest BCUT2D eigenvalue weighted by molar-refractivity contribution is -0.580. The lowest BCUT2D eigenvalue weighted by Gasteiger charge is -2.05. The summed E-state index contributed by atoms with van der Waals surface area (Å²) in [5, 5.41) is 4.69. The van der Waals surface area contributed by atoms with Gasteiger partial charge >= 0.3 is 5.78 Å². The number of hydrogen-bond donors (Lipinski definition) is 0. The van der Waals surface area contributed by atoms with Gasteiger partial charge in [0.15, 0.2) is 0 Å². The molecule has 0 aliphatic heterocycles. The third-order valence-electron chi connectivity index (χ3n) is 3.94. The van der Waals surface area contributed by atoms with Gasteiger partial charge in [-0.25, -0.2) is 0 Å². The van der Waals surface area contributed by atoms with Gasteiger partial charge in [-0.15, -0.1) is 4.52 Å². The fraction of sp³-hybridized carbons (Fsp3) is 0.105. The van der Waals surface area contributed by atoms with E-state index in [1.165, 1.54) is 0 Å². The summed E-state index contributed by atoms with van der Waals surface area (Å²) < 4.78 is 4.04. The zero-order chi connectivity index (χ0) is 15.8. The van der Waals surface area contributed by atoms with Gasteiger partial charge in [0.1, 0.15) is 11.4 Å². The number of benzene rings is 2. The molecule has 0 bridgehead atoms. The zero-order valence-electron chi connectivity index (χ0n) is 13.1. The first-order valence-electron chi connectivity index (χ1n) is 7.64. The number of nitrogens with zero attached hydrogens (tertiary/aromatic N) is 4. The molecule has 112 valence electrons. The van der Waals surface area contributed by atoms with Crippen molar-refractivity contribution in [3.8, 4) is 17.1 Å². The Hall–Kier alpha value is -3.01. The first-order chi connectivity index (χ1) is 11.2. The molecule has 0 aliphatic carbocycles. The Morgan fingerprint density at radius 1 is 0.870 bits per heavy atom. The van der Waals surface area contributed by atoms with Crippen molar-refractivity contribution < 1.29 is 4.57 Å². The van der Waals surface area contributed by atoms with Gasteiger partial charge in [-0.3, -0.25) is 0 Å². The molecule has 0 unspecified atom stereocenters. The van der Waals surface area contributed by atoms with Gasteiger partial charge in [0.05, 0.1) is 5.69 Å². The predicted molar refractivity (Wildman–Crippen MR) is 89.4 cm³/mol. The molecule has 0 atom stereocenters. The van der Waals surface area contributed by atoms with Gasteiger partial charge in [-0.1, -0.05) is 41.5 Å². The Balaban J connectivity index is 2.02. The maximum Gasteiger partial charge on any atom is 0.430 e. The molecule has 4 nitrogen and oxygen atoms in total. The normalized spacial score (nSPS) is 11.0. The van der Waals surface area contributed by atoms with Gasteiger partial charge in [0.25, 0.3) is 5.82 Å². The van der Waals surface area contributed by atoms with E-state index in [9.17, 15) is 0 Å². The van der Waals surface area contributed by atoms with Crippen molar-refractivity contribution in [1.29, 1.82) is 0 Å². The molecule has 0 amide bonds. The average molecular weight is 301 g/mol. The maximum atomic E-state index is 4.80. The SMILES string of the molecule is Cc1cc(C)[n+](-c2ccccc2)c2nc(-c3ccccc3)nn12. The molecule has 0 N–H and O–H groups in total. The highest BCUT2D eigenvalue weighted by Crippen LogP contribution is 2.16. The van der Waals surface area contributed by atoms with Crippen molar-refractivity contribution in [1.82, 2.24) is 14.6 Å². The highest BCUT2D eigenvalue weighted by Gasteiger charge is 2.22. The van der Waals surface area contributed by atoms with E-state index in [0.717, 1.165) is 34.2 Å². The molecule has 2 aromatic heterocycles. The minimum absolute atomic E-state index is 0.740. The van der Waals surface area contributed by atoms with Crippen LogP contribution < -0.4 is 4.57 Å². The van der Waals surface area contributed by atoms with Crippen LogP contribution in [0.15, 0.2) is 66.7 Å². The molecule has 4 aromatic rings. The molecule has 0 spiro atoms. The fourth-order valence-electron chi connectivity index (χ4n) is 2.88. The minimum atomic E-state index is 0.740. The standard InChI is InChI=1S/C19H17N4/c1-14-13-15(2)23-19(22(14)17-11-7-4-8-12-17)20-18(21-23)16-9-5-3-6-10-16/h3-13H,1-2H3/q+1. The van der Waals surface area contributed by atoms with Crippen LogP contribution in [0.2, 0.25) is 0 Å². The minimum Gasteiger partial charge on any atom is -0.197 e. The molecule has 0 saturated heterocycles. The van der Waals surface area contributed by atoms with Crippen molar-refractivity contribution in [3.63, 3.8) is 0 Å². The first-order valence-corrected chi connectivity index (χ1v) is 7.64. The van der Waals surface area contributed by atoms with Crippen molar-refractivity contribution in [2.24, 2.45) is 0 Å². The molecule has 23 heavy (non-hydrogen) atoms. The van der Waals surface area contributed by atoms with E-state index in [0.29, 0.717) is 0 Å². The van der Waals surface area contributed by atoms with Crippen LogP contribution in [0, 0.1) is 13.8 Å². The largest absolute Gasteiger partial charge is 0.430 e. The summed E-state index contributed by atoms with van der Waals surface area (Å²) in [5.74, 6) is 1.57. The Morgan fingerprint density at radius 3 is 2.22 bits per heavy atom. The summed E-state index contributed by atoms with van der Waals surface area (Å²) in [6, 6.07) is 22.5. The van der Waals surface area contributed by atoms with Crippen LogP contribution in [0.1, 0.15) is 11.4 Å². The summed E-state index contributed by atoms with van der Waals surface area (Å²) >= 11 is 0. The summed E-state index contributed by atoms with van der Waals surface area (Å²) in [4.78, 5) is 4.80. The smallest absolute Gasteiger partial charge is 0.197 e. The Bertz CT molecular complexity index is 973. The topological polar surface area (TPSA) is 34.1 Å². The monoisotopic (exact) mass is 301 g/mol. The molecular weight excluding hydrogens is 284 g/mol. The molecule has 2 heterocycles. The van der Waals surface area contributed by atoms with Gasteiger partial charge < -0.3 is 0 Å². The first kappa shape index (κ1) is 13.6. The van der Waals surface area contributed by atoms with Gasteiger partial charge in [0, 0.05) is 11.6 Å². The van der Waals surface area contributed by atoms with Crippen molar-refractivity contribution >= 4 is 5.78 Å². The van der Waals surface area contributed by atoms with Crippen LogP contribution in [-0.2, 0) is 0 Å². The van der Waals surface area contributed by atoms with E-state index in [2.05, 4.69) is 36.6 Å². The second-order valence-corrected chi connectivity index (χ2v) is 5.61. The third-order valence-corrected chi connectivity index (χ3v) is 3.94. The van der Waals surface area contributed by atoms with Crippen LogP contribution in [0.25, 0.3) is 22.9 Å². The molecule has 2 aromatic carbocycles. The van der Waals surface area contributed by atoms with Crippen molar-refractivity contribution in [2.75, 3.05) is 0 Å². The van der Waals surface area contributed by atoms with E-state index in [1.807, 2.05) is 53.0 Å². The van der Waals surface area contributed by atoms with E-state index in [-0.39, 0.29) is 0 Å². The molecule has 0 radical (unpaired) electrons. The quantitative estimate of drug-likeness (QED) is 0.532. The van der Waals surface area contributed by atoms with E-state index >= 15 is 0 Å². The molecule has 0 aliphatic rings. The predicted octanol–water partition coefficient (Wildman–Crippen LogP) is 3.29. The van der Waals surface area contributed by atoms with Crippen molar-refractivity contribution in [3.05, 3.63) is 78.1 Å². The molecule has 0 saturated carbocycles. The number of para-hydroxylation sites is 1. The summed E-state index contributed by atoms with van der Waals surface area (Å²) in [6.45, 7) is 4.15. The number of hydrogen-bond acceptors (Lipinski definition) is 2. The number of rotatable bonds is 2.